The van der Waals surface area contributed by atoms with E-state index in [9.17, 15) is 14.4 Å². The molecule has 0 saturated carbocycles. The predicted octanol–water partition coefficient (Wildman–Crippen LogP) is 2.45. The van der Waals surface area contributed by atoms with E-state index in [1.165, 1.54) is 11.8 Å². The van der Waals surface area contributed by atoms with Gasteiger partial charge in [-0.05, 0) is 40.1 Å². The van der Waals surface area contributed by atoms with Gasteiger partial charge in [0.05, 0.1) is 6.42 Å². The van der Waals surface area contributed by atoms with Crippen molar-refractivity contribution in [2.75, 3.05) is 19.0 Å². The van der Waals surface area contributed by atoms with Crippen LogP contribution in [0, 0.1) is 0 Å². The highest BCUT2D eigenvalue weighted by Gasteiger charge is 2.13. The number of carbonyl (C=O) groups is 3. The Balaban J connectivity index is 1.76. The van der Waals surface area contributed by atoms with Crippen molar-refractivity contribution in [3.63, 3.8) is 0 Å². The summed E-state index contributed by atoms with van der Waals surface area (Å²) in [6.07, 6.45) is 0.0713. The molecule has 1 aromatic carbocycles. The Kier molecular flexibility index (Phi) is 6.71. The Bertz CT molecular complexity index is 726. The van der Waals surface area contributed by atoms with Gasteiger partial charge in [0.1, 0.15) is 0 Å². The minimum atomic E-state index is -0.468. The average Bonchev–Trinajstić information content (AvgIpc) is 3.07. The van der Waals surface area contributed by atoms with Crippen molar-refractivity contribution >= 4 is 34.8 Å². The fourth-order valence-corrected chi connectivity index (χ4v) is 2.78. The van der Waals surface area contributed by atoms with Crippen molar-refractivity contribution in [3.8, 4) is 0 Å². The highest BCUT2D eigenvalue weighted by molar-refractivity contribution is 7.07. The summed E-state index contributed by atoms with van der Waals surface area (Å²) in [5.41, 5.74) is 2.46. The largest absolute Gasteiger partial charge is 0.455 e. The Hall–Kier alpha value is -2.67. The zero-order valence-electron chi connectivity index (χ0n) is 14.2. The van der Waals surface area contributed by atoms with Crippen LogP contribution in [0.2, 0.25) is 0 Å². The van der Waals surface area contributed by atoms with Crippen LogP contribution in [-0.4, -0.2) is 36.3 Å². The molecule has 0 fully saturated rings. The molecule has 2 amide bonds. The number of carbonyl (C=O) groups excluding carboxylic acids is 3. The second-order valence-corrected chi connectivity index (χ2v) is 6.38. The quantitative estimate of drug-likeness (QED) is 0.770. The molecule has 6 nitrogen and oxygen atoms in total. The third-order valence-corrected chi connectivity index (χ3v) is 4.14. The van der Waals surface area contributed by atoms with E-state index in [-0.39, 0.29) is 24.8 Å². The molecule has 2 aromatic rings. The van der Waals surface area contributed by atoms with Gasteiger partial charge in [0.2, 0.25) is 5.91 Å². The summed E-state index contributed by atoms with van der Waals surface area (Å²) in [5, 5.41) is 6.57. The van der Waals surface area contributed by atoms with Gasteiger partial charge in [-0.3, -0.25) is 14.4 Å². The van der Waals surface area contributed by atoms with Crippen molar-refractivity contribution in [1.29, 1.82) is 0 Å². The molecule has 0 spiro atoms. The zero-order valence-corrected chi connectivity index (χ0v) is 15.0. The zero-order chi connectivity index (χ0) is 18.2. The number of thiophene rings is 1. The number of rotatable bonds is 7. The van der Waals surface area contributed by atoms with Crippen LogP contribution < -0.4 is 5.32 Å². The van der Waals surface area contributed by atoms with Crippen LogP contribution in [0.5, 0.6) is 0 Å². The molecule has 1 aromatic heterocycles. The van der Waals surface area contributed by atoms with Crippen molar-refractivity contribution < 1.29 is 19.1 Å². The molecule has 7 heteroatoms. The first-order valence-corrected chi connectivity index (χ1v) is 8.65. The molecule has 0 radical (unpaired) electrons. The van der Waals surface area contributed by atoms with E-state index in [0.717, 1.165) is 11.1 Å². The van der Waals surface area contributed by atoms with Gasteiger partial charge in [-0.1, -0.05) is 12.1 Å². The maximum atomic E-state index is 12.0. The molecule has 1 heterocycles. The molecule has 1 N–H and O–H groups in total. The Morgan fingerprint density at radius 2 is 1.84 bits per heavy atom. The summed E-state index contributed by atoms with van der Waals surface area (Å²) in [5.74, 6) is -0.873. The van der Waals surface area contributed by atoms with Gasteiger partial charge in [-0.15, -0.1) is 0 Å². The monoisotopic (exact) mass is 360 g/mol. The molecule has 0 bridgehead atoms. The van der Waals surface area contributed by atoms with Gasteiger partial charge in [0, 0.05) is 26.2 Å². The van der Waals surface area contributed by atoms with E-state index in [4.69, 9.17) is 4.74 Å². The van der Waals surface area contributed by atoms with Crippen molar-refractivity contribution in [2.24, 2.45) is 0 Å². The van der Waals surface area contributed by atoms with Crippen molar-refractivity contribution in [1.82, 2.24) is 4.90 Å². The first kappa shape index (κ1) is 18.7. The summed E-state index contributed by atoms with van der Waals surface area (Å²) in [6.45, 7) is 1.64. The molecular weight excluding hydrogens is 340 g/mol. The number of nitrogens with zero attached hydrogens (tertiary/aromatic N) is 1. The maximum absolute atomic E-state index is 12.0. The van der Waals surface area contributed by atoms with Gasteiger partial charge in [-0.25, -0.2) is 0 Å². The number of anilines is 1. The molecular formula is C18H20N2O4S. The number of esters is 1. The molecule has 2 rings (SSSR count). The number of likely N-dealkylation sites (N-methyl/N-ethyl adjacent to an activating group) is 1. The van der Waals surface area contributed by atoms with Crippen LogP contribution >= 0.6 is 11.3 Å². The van der Waals surface area contributed by atoms with Gasteiger partial charge in [0.25, 0.3) is 5.91 Å². The Morgan fingerprint density at radius 1 is 1.12 bits per heavy atom. The summed E-state index contributed by atoms with van der Waals surface area (Å²) in [7, 11) is 1.68. The fraction of sp³-hybridized carbons (Fsp3) is 0.278. The number of hydrogen-bond acceptors (Lipinski definition) is 5. The van der Waals surface area contributed by atoms with Gasteiger partial charge >= 0.3 is 5.97 Å². The summed E-state index contributed by atoms with van der Waals surface area (Å²) in [6, 6.07) is 8.84. The van der Waals surface area contributed by atoms with Crippen molar-refractivity contribution in [2.45, 2.75) is 19.9 Å². The number of ether oxygens (including phenoxy) is 1. The van der Waals surface area contributed by atoms with Gasteiger partial charge < -0.3 is 15.0 Å². The van der Waals surface area contributed by atoms with E-state index >= 15 is 0 Å². The lowest BCUT2D eigenvalue weighted by Gasteiger charge is -2.16. The predicted molar refractivity (Wildman–Crippen MR) is 96.2 cm³/mol. The van der Waals surface area contributed by atoms with Crippen LogP contribution in [0.4, 0.5) is 5.69 Å². The van der Waals surface area contributed by atoms with Crippen LogP contribution in [-0.2, 0) is 32.1 Å². The molecule has 0 unspecified atom stereocenters. The third kappa shape index (κ3) is 6.39. The lowest BCUT2D eigenvalue weighted by atomic mass is 10.1. The third-order valence-electron chi connectivity index (χ3n) is 3.40. The van der Waals surface area contributed by atoms with Gasteiger partial charge in [-0.2, -0.15) is 11.3 Å². The van der Waals surface area contributed by atoms with E-state index in [2.05, 4.69) is 5.32 Å². The highest BCUT2D eigenvalue weighted by atomic mass is 32.1. The smallest absolute Gasteiger partial charge is 0.310 e. The molecule has 0 aliphatic rings. The summed E-state index contributed by atoms with van der Waals surface area (Å²) in [4.78, 5) is 36.3. The van der Waals surface area contributed by atoms with E-state index in [0.29, 0.717) is 12.2 Å². The van der Waals surface area contributed by atoms with Crippen LogP contribution in [0.15, 0.2) is 41.1 Å². The summed E-state index contributed by atoms with van der Waals surface area (Å²) < 4.78 is 5.05. The highest BCUT2D eigenvalue weighted by Crippen LogP contribution is 2.11. The average molecular weight is 360 g/mol. The standard InChI is InChI=1S/C18H20N2O4S/c1-13(21)19-16-5-3-14(4-6-16)9-18(23)24-11-17(22)20(2)10-15-7-8-25-12-15/h3-8,12H,9-11H2,1-2H3,(H,19,21). The second kappa shape index (κ2) is 8.98. The molecule has 0 aliphatic carbocycles. The minimum absolute atomic E-state index is 0.0713. The van der Waals surface area contributed by atoms with E-state index < -0.39 is 5.97 Å². The molecule has 132 valence electrons. The second-order valence-electron chi connectivity index (χ2n) is 5.60. The van der Waals surface area contributed by atoms with Crippen LogP contribution in [0.25, 0.3) is 0 Å². The number of nitrogens with one attached hydrogen (secondary N) is 1. The fourth-order valence-electron chi connectivity index (χ4n) is 2.12. The number of hydrogen-bond donors (Lipinski definition) is 1. The lowest BCUT2D eigenvalue weighted by molar-refractivity contribution is -0.151. The normalized spacial score (nSPS) is 10.2. The maximum Gasteiger partial charge on any atom is 0.310 e. The van der Waals surface area contributed by atoms with Crippen LogP contribution in [0.3, 0.4) is 0 Å². The Morgan fingerprint density at radius 3 is 2.44 bits per heavy atom. The topological polar surface area (TPSA) is 75.7 Å². The summed E-state index contributed by atoms with van der Waals surface area (Å²) >= 11 is 1.57. The lowest BCUT2D eigenvalue weighted by Crippen LogP contribution is -2.30. The number of amides is 2. The minimum Gasteiger partial charge on any atom is -0.455 e. The van der Waals surface area contributed by atoms with E-state index in [1.807, 2.05) is 16.8 Å². The number of benzene rings is 1. The van der Waals surface area contributed by atoms with Gasteiger partial charge in [0.15, 0.2) is 6.61 Å². The van der Waals surface area contributed by atoms with Crippen LogP contribution in [0.1, 0.15) is 18.1 Å². The SMILES string of the molecule is CC(=O)Nc1ccc(CC(=O)OCC(=O)N(C)Cc2ccsc2)cc1. The molecule has 25 heavy (non-hydrogen) atoms. The molecule has 0 saturated heterocycles. The Labute approximate surface area is 150 Å². The molecule has 0 atom stereocenters. The van der Waals surface area contributed by atoms with E-state index in [1.54, 1.807) is 42.6 Å². The van der Waals surface area contributed by atoms with Crippen molar-refractivity contribution in [3.05, 3.63) is 52.2 Å². The molecule has 0 aliphatic heterocycles. The first-order chi connectivity index (χ1) is 11.9. The first-order valence-electron chi connectivity index (χ1n) is 7.71.